The molecule has 96 valence electrons. The molecule has 0 rings (SSSR count). The summed E-state index contributed by atoms with van der Waals surface area (Å²) in [7, 11) is 1.88. The number of carbonyl (C=O) groups is 1. The van der Waals surface area contributed by atoms with Crippen LogP contribution in [0.15, 0.2) is 0 Å². The van der Waals surface area contributed by atoms with Crippen LogP contribution in [0.4, 0.5) is 0 Å². The van der Waals surface area contributed by atoms with Crippen LogP contribution < -0.4 is 5.73 Å². The molecule has 1 amide bonds. The van der Waals surface area contributed by atoms with Gasteiger partial charge in [0.25, 0.3) is 0 Å². The summed E-state index contributed by atoms with van der Waals surface area (Å²) in [5, 5.41) is 0. The van der Waals surface area contributed by atoms with E-state index in [1.807, 2.05) is 25.8 Å². The van der Waals surface area contributed by atoms with Crippen molar-refractivity contribution in [3.63, 3.8) is 0 Å². The van der Waals surface area contributed by atoms with Crippen LogP contribution in [0.5, 0.6) is 0 Å². The quantitative estimate of drug-likeness (QED) is 0.726. The SMILES string of the molecule is CC(C)C(CCN)CCC(=O)N(C)C(C)C. The van der Waals surface area contributed by atoms with Gasteiger partial charge in [-0.2, -0.15) is 0 Å². The lowest BCUT2D eigenvalue weighted by Gasteiger charge is -2.24. The van der Waals surface area contributed by atoms with Gasteiger partial charge < -0.3 is 10.6 Å². The molecule has 0 aliphatic rings. The van der Waals surface area contributed by atoms with E-state index in [2.05, 4.69) is 13.8 Å². The zero-order valence-corrected chi connectivity index (χ0v) is 11.5. The second-order valence-electron chi connectivity index (χ2n) is 5.22. The summed E-state index contributed by atoms with van der Waals surface area (Å²) in [6.45, 7) is 9.21. The van der Waals surface area contributed by atoms with E-state index in [1.165, 1.54) is 0 Å². The predicted molar refractivity (Wildman–Crippen MR) is 69.1 cm³/mol. The third kappa shape index (κ3) is 5.50. The summed E-state index contributed by atoms with van der Waals surface area (Å²) in [5.41, 5.74) is 5.59. The summed E-state index contributed by atoms with van der Waals surface area (Å²) in [5.74, 6) is 1.44. The molecule has 0 aromatic rings. The lowest BCUT2D eigenvalue weighted by Crippen LogP contribution is -2.33. The molecule has 3 nitrogen and oxygen atoms in total. The second-order valence-corrected chi connectivity index (χ2v) is 5.22. The third-order valence-electron chi connectivity index (χ3n) is 3.38. The molecule has 0 aliphatic heterocycles. The highest BCUT2D eigenvalue weighted by Crippen LogP contribution is 2.20. The maximum atomic E-state index is 11.8. The number of rotatable bonds is 7. The van der Waals surface area contributed by atoms with Crippen molar-refractivity contribution in [2.24, 2.45) is 17.6 Å². The number of hydrogen-bond donors (Lipinski definition) is 1. The van der Waals surface area contributed by atoms with E-state index in [0.717, 1.165) is 19.4 Å². The van der Waals surface area contributed by atoms with Gasteiger partial charge in [0.05, 0.1) is 0 Å². The molecular weight excluding hydrogens is 200 g/mol. The van der Waals surface area contributed by atoms with E-state index >= 15 is 0 Å². The summed E-state index contributed by atoms with van der Waals surface area (Å²) in [4.78, 5) is 13.6. The second kappa shape index (κ2) is 7.66. The molecule has 0 saturated heterocycles. The van der Waals surface area contributed by atoms with Gasteiger partial charge >= 0.3 is 0 Å². The van der Waals surface area contributed by atoms with Crippen LogP contribution in [-0.2, 0) is 4.79 Å². The van der Waals surface area contributed by atoms with Gasteiger partial charge in [0.15, 0.2) is 0 Å². The number of carbonyl (C=O) groups excluding carboxylic acids is 1. The molecule has 0 aliphatic carbocycles. The van der Waals surface area contributed by atoms with E-state index in [1.54, 1.807) is 0 Å². The lowest BCUT2D eigenvalue weighted by atomic mass is 9.88. The Balaban J connectivity index is 4.05. The van der Waals surface area contributed by atoms with Crippen molar-refractivity contribution in [3.8, 4) is 0 Å². The molecule has 1 atom stereocenters. The van der Waals surface area contributed by atoms with E-state index in [9.17, 15) is 4.79 Å². The van der Waals surface area contributed by atoms with Crippen molar-refractivity contribution >= 4 is 5.91 Å². The van der Waals surface area contributed by atoms with Crippen molar-refractivity contribution in [3.05, 3.63) is 0 Å². The van der Waals surface area contributed by atoms with Gasteiger partial charge in [0, 0.05) is 19.5 Å². The Morgan fingerprint density at radius 1 is 1.19 bits per heavy atom. The van der Waals surface area contributed by atoms with Crippen LogP contribution in [0.25, 0.3) is 0 Å². The summed E-state index contributed by atoms with van der Waals surface area (Å²) < 4.78 is 0. The average Bonchev–Trinajstić information content (AvgIpc) is 2.21. The van der Waals surface area contributed by atoms with Crippen LogP contribution >= 0.6 is 0 Å². The zero-order chi connectivity index (χ0) is 12.7. The summed E-state index contributed by atoms with van der Waals surface area (Å²) >= 11 is 0. The molecule has 0 fully saturated rings. The largest absolute Gasteiger partial charge is 0.343 e. The highest BCUT2D eigenvalue weighted by molar-refractivity contribution is 5.76. The fourth-order valence-electron chi connectivity index (χ4n) is 1.80. The van der Waals surface area contributed by atoms with Crippen LogP contribution in [-0.4, -0.2) is 30.4 Å². The molecule has 3 heteroatoms. The van der Waals surface area contributed by atoms with Crippen molar-refractivity contribution in [2.45, 2.75) is 53.0 Å². The van der Waals surface area contributed by atoms with Crippen LogP contribution in [0.2, 0.25) is 0 Å². The average molecular weight is 228 g/mol. The minimum absolute atomic E-state index is 0.248. The molecule has 16 heavy (non-hydrogen) atoms. The maximum Gasteiger partial charge on any atom is 0.222 e. The summed E-state index contributed by atoms with van der Waals surface area (Å²) in [6, 6.07) is 0.291. The van der Waals surface area contributed by atoms with E-state index < -0.39 is 0 Å². The number of hydrogen-bond acceptors (Lipinski definition) is 2. The standard InChI is InChI=1S/C13H28N2O/c1-10(2)12(8-9-14)6-7-13(16)15(5)11(3)4/h10-12H,6-9,14H2,1-5H3. The van der Waals surface area contributed by atoms with Crippen molar-refractivity contribution in [1.82, 2.24) is 4.90 Å². The summed E-state index contributed by atoms with van der Waals surface area (Å²) in [6.07, 6.45) is 2.64. The van der Waals surface area contributed by atoms with Crippen molar-refractivity contribution in [2.75, 3.05) is 13.6 Å². The molecular formula is C13H28N2O. The van der Waals surface area contributed by atoms with Gasteiger partial charge in [-0.05, 0) is 45.1 Å². The lowest BCUT2D eigenvalue weighted by molar-refractivity contribution is -0.131. The first-order valence-electron chi connectivity index (χ1n) is 6.35. The van der Waals surface area contributed by atoms with Gasteiger partial charge in [-0.15, -0.1) is 0 Å². The van der Waals surface area contributed by atoms with Crippen molar-refractivity contribution < 1.29 is 4.79 Å². The zero-order valence-electron chi connectivity index (χ0n) is 11.5. The molecule has 0 spiro atoms. The molecule has 0 aromatic heterocycles. The van der Waals surface area contributed by atoms with Crippen LogP contribution in [0.1, 0.15) is 47.0 Å². The Hall–Kier alpha value is -0.570. The molecule has 0 saturated carbocycles. The first-order chi connectivity index (χ1) is 7.40. The smallest absolute Gasteiger partial charge is 0.222 e. The first-order valence-corrected chi connectivity index (χ1v) is 6.35. The Bertz CT molecular complexity index is 202. The fourth-order valence-corrected chi connectivity index (χ4v) is 1.80. The van der Waals surface area contributed by atoms with Gasteiger partial charge in [-0.3, -0.25) is 4.79 Å². The van der Waals surface area contributed by atoms with Gasteiger partial charge in [0.2, 0.25) is 5.91 Å². The fraction of sp³-hybridized carbons (Fsp3) is 0.923. The molecule has 0 bridgehead atoms. The molecule has 2 N–H and O–H groups in total. The Kier molecular flexibility index (Phi) is 7.39. The Labute approximate surface area is 100 Å². The molecule has 1 unspecified atom stereocenters. The van der Waals surface area contributed by atoms with Gasteiger partial charge in [-0.25, -0.2) is 0 Å². The van der Waals surface area contributed by atoms with E-state index in [-0.39, 0.29) is 5.91 Å². The van der Waals surface area contributed by atoms with Crippen LogP contribution in [0, 0.1) is 11.8 Å². The first kappa shape index (κ1) is 15.4. The monoisotopic (exact) mass is 228 g/mol. The normalized spacial score (nSPS) is 13.2. The maximum absolute atomic E-state index is 11.8. The van der Waals surface area contributed by atoms with Crippen molar-refractivity contribution in [1.29, 1.82) is 0 Å². The topological polar surface area (TPSA) is 46.3 Å². The molecule has 0 heterocycles. The molecule has 0 radical (unpaired) electrons. The minimum atomic E-state index is 0.248. The number of amides is 1. The minimum Gasteiger partial charge on any atom is -0.343 e. The number of nitrogens with zero attached hydrogens (tertiary/aromatic N) is 1. The highest BCUT2D eigenvalue weighted by atomic mass is 16.2. The molecule has 0 aromatic carbocycles. The highest BCUT2D eigenvalue weighted by Gasteiger charge is 2.17. The van der Waals surface area contributed by atoms with E-state index in [4.69, 9.17) is 5.73 Å². The van der Waals surface area contributed by atoms with Crippen LogP contribution in [0.3, 0.4) is 0 Å². The van der Waals surface area contributed by atoms with Gasteiger partial charge in [0.1, 0.15) is 0 Å². The van der Waals surface area contributed by atoms with Gasteiger partial charge in [-0.1, -0.05) is 13.8 Å². The third-order valence-corrected chi connectivity index (χ3v) is 3.38. The number of nitrogens with two attached hydrogens (primary N) is 1. The Morgan fingerprint density at radius 2 is 1.75 bits per heavy atom. The predicted octanol–water partition coefficient (Wildman–Crippen LogP) is 2.25. The van der Waals surface area contributed by atoms with E-state index in [0.29, 0.717) is 24.3 Å². The Morgan fingerprint density at radius 3 is 2.12 bits per heavy atom.